The molecule has 0 aliphatic heterocycles. The summed E-state index contributed by atoms with van der Waals surface area (Å²) in [5, 5.41) is 4.19. The van der Waals surface area contributed by atoms with Crippen LogP contribution >= 0.6 is 0 Å². The molecular formula is C15H20N2O. The lowest BCUT2D eigenvalue weighted by molar-refractivity contribution is -0.123. The molecule has 0 saturated heterocycles. The minimum Gasteiger partial charge on any atom is -0.350 e. The van der Waals surface area contributed by atoms with Gasteiger partial charge in [-0.25, -0.2) is 0 Å². The normalized spacial score (nSPS) is 11.8. The molecule has 0 bridgehead atoms. The smallest absolute Gasteiger partial charge is 0.240 e. The lowest BCUT2D eigenvalue weighted by Crippen LogP contribution is -2.42. The zero-order valence-corrected chi connectivity index (χ0v) is 11.4. The number of aryl methyl sites for hydroxylation is 1. The van der Waals surface area contributed by atoms with E-state index < -0.39 is 0 Å². The molecule has 2 rings (SSSR count). The number of fused-ring (bicyclic) bond motifs is 1. The van der Waals surface area contributed by atoms with Crippen molar-refractivity contribution in [2.45, 2.75) is 39.8 Å². The predicted molar refractivity (Wildman–Crippen MR) is 74.6 cm³/mol. The Hall–Kier alpha value is -1.77. The summed E-state index contributed by atoms with van der Waals surface area (Å²) < 4.78 is 1.99. The van der Waals surface area contributed by atoms with E-state index in [1.165, 1.54) is 10.9 Å². The van der Waals surface area contributed by atoms with Crippen molar-refractivity contribution in [3.05, 3.63) is 36.0 Å². The molecule has 0 aliphatic carbocycles. The quantitative estimate of drug-likeness (QED) is 0.866. The van der Waals surface area contributed by atoms with E-state index in [0.717, 1.165) is 5.52 Å². The summed E-state index contributed by atoms with van der Waals surface area (Å²) in [6, 6.07) is 8.22. The van der Waals surface area contributed by atoms with E-state index in [4.69, 9.17) is 0 Å². The second-order valence-corrected chi connectivity index (χ2v) is 5.75. The molecule has 1 aromatic carbocycles. The largest absolute Gasteiger partial charge is 0.350 e. The summed E-state index contributed by atoms with van der Waals surface area (Å²) >= 11 is 0. The molecule has 0 saturated carbocycles. The molecule has 0 unspecified atom stereocenters. The van der Waals surface area contributed by atoms with Gasteiger partial charge in [0.05, 0.1) is 0 Å². The van der Waals surface area contributed by atoms with Gasteiger partial charge >= 0.3 is 0 Å². The van der Waals surface area contributed by atoms with Crippen LogP contribution in [-0.2, 0) is 11.3 Å². The number of carbonyl (C=O) groups is 1. The van der Waals surface area contributed by atoms with Crippen molar-refractivity contribution >= 4 is 16.8 Å². The number of aromatic nitrogens is 1. The third kappa shape index (κ3) is 2.73. The van der Waals surface area contributed by atoms with E-state index in [1.807, 2.05) is 43.7 Å². The van der Waals surface area contributed by atoms with Crippen molar-refractivity contribution in [2.24, 2.45) is 0 Å². The Labute approximate surface area is 108 Å². The number of rotatable bonds is 2. The van der Waals surface area contributed by atoms with E-state index in [0.29, 0.717) is 6.54 Å². The molecule has 18 heavy (non-hydrogen) atoms. The molecule has 96 valence electrons. The number of hydrogen-bond donors (Lipinski definition) is 1. The molecule has 3 heteroatoms. The maximum atomic E-state index is 11.9. The Balaban J connectivity index is 2.23. The van der Waals surface area contributed by atoms with Gasteiger partial charge in [-0.2, -0.15) is 0 Å². The topological polar surface area (TPSA) is 34.0 Å². The van der Waals surface area contributed by atoms with Gasteiger partial charge < -0.3 is 9.88 Å². The van der Waals surface area contributed by atoms with Crippen molar-refractivity contribution < 1.29 is 4.79 Å². The summed E-state index contributed by atoms with van der Waals surface area (Å²) in [5.41, 5.74) is 2.16. The van der Waals surface area contributed by atoms with Gasteiger partial charge in [0.15, 0.2) is 0 Å². The van der Waals surface area contributed by atoms with Crippen LogP contribution in [0.3, 0.4) is 0 Å². The lowest BCUT2D eigenvalue weighted by atomic mass is 10.1. The summed E-state index contributed by atoms with van der Waals surface area (Å²) in [6.45, 7) is 8.42. The lowest BCUT2D eigenvalue weighted by Gasteiger charge is -2.20. The highest BCUT2D eigenvalue weighted by molar-refractivity contribution is 5.85. The van der Waals surface area contributed by atoms with Gasteiger partial charge in [-0.3, -0.25) is 4.79 Å². The monoisotopic (exact) mass is 244 g/mol. The summed E-state index contributed by atoms with van der Waals surface area (Å²) in [4.78, 5) is 11.9. The fraction of sp³-hybridized carbons (Fsp3) is 0.400. The molecule has 1 N–H and O–H groups in total. The van der Waals surface area contributed by atoms with E-state index >= 15 is 0 Å². The minimum absolute atomic E-state index is 0.0431. The van der Waals surface area contributed by atoms with Gasteiger partial charge in [0, 0.05) is 22.6 Å². The Kier molecular flexibility index (Phi) is 3.16. The van der Waals surface area contributed by atoms with Gasteiger partial charge in [-0.05, 0) is 45.4 Å². The van der Waals surface area contributed by atoms with Gasteiger partial charge in [-0.15, -0.1) is 0 Å². The zero-order valence-electron chi connectivity index (χ0n) is 11.4. The van der Waals surface area contributed by atoms with E-state index in [2.05, 4.69) is 24.4 Å². The van der Waals surface area contributed by atoms with E-state index in [1.54, 1.807) is 0 Å². The van der Waals surface area contributed by atoms with Crippen molar-refractivity contribution in [2.75, 3.05) is 0 Å². The predicted octanol–water partition coefficient (Wildman–Crippen LogP) is 2.86. The first-order chi connectivity index (χ1) is 8.37. The van der Waals surface area contributed by atoms with Gasteiger partial charge in [0.25, 0.3) is 0 Å². The van der Waals surface area contributed by atoms with Gasteiger partial charge in [0.1, 0.15) is 6.54 Å². The minimum atomic E-state index is -0.185. The fourth-order valence-electron chi connectivity index (χ4n) is 2.13. The van der Waals surface area contributed by atoms with Crippen LogP contribution in [0.4, 0.5) is 0 Å². The molecule has 0 aliphatic rings. The average Bonchev–Trinajstić information content (AvgIpc) is 2.60. The number of amides is 1. The average molecular weight is 244 g/mol. The van der Waals surface area contributed by atoms with Gasteiger partial charge in [-0.1, -0.05) is 12.1 Å². The molecule has 2 aromatic rings. The third-order valence-corrected chi connectivity index (χ3v) is 2.86. The molecule has 3 nitrogen and oxygen atoms in total. The molecule has 1 aromatic heterocycles. The van der Waals surface area contributed by atoms with Crippen LogP contribution in [0.2, 0.25) is 0 Å². The SMILES string of the molecule is Cc1cccc2c1ccn2CC(=O)NC(C)(C)C. The number of nitrogens with zero attached hydrogens (tertiary/aromatic N) is 1. The Morgan fingerprint density at radius 2 is 2.00 bits per heavy atom. The van der Waals surface area contributed by atoms with Crippen LogP contribution in [0.25, 0.3) is 10.9 Å². The highest BCUT2D eigenvalue weighted by Gasteiger charge is 2.14. The highest BCUT2D eigenvalue weighted by atomic mass is 16.2. The van der Waals surface area contributed by atoms with E-state index in [9.17, 15) is 4.79 Å². The number of nitrogens with one attached hydrogen (secondary N) is 1. The Bertz CT molecular complexity index is 576. The first-order valence-electron chi connectivity index (χ1n) is 6.22. The van der Waals surface area contributed by atoms with Crippen LogP contribution in [0.5, 0.6) is 0 Å². The number of hydrogen-bond acceptors (Lipinski definition) is 1. The van der Waals surface area contributed by atoms with Crippen LogP contribution in [-0.4, -0.2) is 16.0 Å². The molecule has 0 atom stereocenters. The second-order valence-electron chi connectivity index (χ2n) is 5.75. The number of carbonyl (C=O) groups excluding carboxylic acids is 1. The van der Waals surface area contributed by atoms with E-state index in [-0.39, 0.29) is 11.4 Å². The highest BCUT2D eigenvalue weighted by Crippen LogP contribution is 2.19. The maximum Gasteiger partial charge on any atom is 0.240 e. The summed E-state index contributed by atoms with van der Waals surface area (Å²) in [7, 11) is 0. The molecule has 0 spiro atoms. The van der Waals surface area contributed by atoms with Crippen LogP contribution in [0.15, 0.2) is 30.5 Å². The summed E-state index contributed by atoms with van der Waals surface area (Å²) in [6.07, 6.45) is 1.97. The molecule has 1 amide bonds. The molecule has 0 radical (unpaired) electrons. The second kappa shape index (κ2) is 4.48. The first kappa shape index (κ1) is 12.7. The fourth-order valence-corrected chi connectivity index (χ4v) is 2.13. The maximum absolute atomic E-state index is 11.9. The van der Waals surface area contributed by atoms with Crippen LogP contribution in [0, 0.1) is 6.92 Å². The standard InChI is InChI=1S/C15H20N2O/c1-11-6-5-7-13-12(11)8-9-17(13)10-14(18)16-15(2,3)4/h5-9H,10H2,1-4H3,(H,16,18). The van der Waals surface area contributed by atoms with Crippen molar-refractivity contribution in [1.29, 1.82) is 0 Å². The van der Waals surface area contributed by atoms with Crippen molar-refractivity contribution in [3.63, 3.8) is 0 Å². The third-order valence-electron chi connectivity index (χ3n) is 2.86. The molecule has 0 fully saturated rings. The van der Waals surface area contributed by atoms with Gasteiger partial charge in [0.2, 0.25) is 5.91 Å². The van der Waals surface area contributed by atoms with Crippen molar-refractivity contribution in [3.8, 4) is 0 Å². The number of benzene rings is 1. The Morgan fingerprint density at radius 3 is 2.67 bits per heavy atom. The van der Waals surface area contributed by atoms with Crippen LogP contribution in [0.1, 0.15) is 26.3 Å². The summed E-state index contributed by atoms with van der Waals surface area (Å²) in [5.74, 6) is 0.0431. The van der Waals surface area contributed by atoms with Crippen LogP contribution < -0.4 is 5.32 Å². The Morgan fingerprint density at radius 1 is 1.28 bits per heavy atom. The molecular weight excluding hydrogens is 224 g/mol. The molecule has 1 heterocycles. The zero-order chi connectivity index (χ0) is 13.3. The first-order valence-corrected chi connectivity index (χ1v) is 6.22. The van der Waals surface area contributed by atoms with Crippen molar-refractivity contribution in [1.82, 2.24) is 9.88 Å².